The monoisotopic (exact) mass is 346 g/mol. The van der Waals surface area contributed by atoms with Crippen LogP contribution in [0.2, 0.25) is 0 Å². The molecule has 0 unspecified atom stereocenters. The Hall–Kier alpha value is -2.37. The van der Waals surface area contributed by atoms with Crippen LogP contribution in [0, 0.1) is 5.41 Å². The predicted octanol–water partition coefficient (Wildman–Crippen LogP) is 2.29. The van der Waals surface area contributed by atoms with E-state index in [0.717, 1.165) is 0 Å². The Kier molecular flexibility index (Phi) is 5.50. The minimum Gasteiger partial charge on any atom is -0.469 e. The second-order valence-electron chi connectivity index (χ2n) is 7.40. The maximum absolute atomic E-state index is 13.2. The van der Waals surface area contributed by atoms with Crippen LogP contribution >= 0.6 is 0 Å². The number of carbonyl (C=O) groups excluding carboxylic acids is 3. The van der Waals surface area contributed by atoms with Crippen LogP contribution in [0.3, 0.4) is 0 Å². The SMILES string of the molecule is COC(=O)CC[C@@H]1C(=O)N(C)[C@@H](C(C)(C)C)N1C(=O)c1ccccc1. The lowest BCUT2D eigenvalue weighted by atomic mass is 9.90. The summed E-state index contributed by atoms with van der Waals surface area (Å²) < 4.78 is 4.68. The van der Waals surface area contributed by atoms with Crippen LogP contribution in [0.15, 0.2) is 30.3 Å². The van der Waals surface area contributed by atoms with E-state index < -0.39 is 6.04 Å². The molecule has 2 amide bonds. The van der Waals surface area contributed by atoms with E-state index in [1.54, 1.807) is 41.1 Å². The molecule has 1 aromatic carbocycles. The van der Waals surface area contributed by atoms with Gasteiger partial charge in [-0.05, 0) is 18.6 Å². The number of nitrogens with zero attached hydrogens (tertiary/aromatic N) is 2. The maximum atomic E-state index is 13.2. The molecule has 136 valence electrons. The highest BCUT2D eigenvalue weighted by molar-refractivity contribution is 6.00. The van der Waals surface area contributed by atoms with Crippen molar-refractivity contribution in [2.45, 2.75) is 45.8 Å². The molecule has 6 heteroatoms. The van der Waals surface area contributed by atoms with Crippen LogP contribution in [-0.4, -0.2) is 53.9 Å². The van der Waals surface area contributed by atoms with Gasteiger partial charge in [0.15, 0.2) is 0 Å². The van der Waals surface area contributed by atoms with Crippen molar-refractivity contribution in [2.75, 3.05) is 14.2 Å². The van der Waals surface area contributed by atoms with Gasteiger partial charge < -0.3 is 14.5 Å². The van der Waals surface area contributed by atoms with Crippen LogP contribution in [0.25, 0.3) is 0 Å². The Labute approximate surface area is 148 Å². The second-order valence-corrected chi connectivity index (χ2v) is 7.40. The third kappa shape index (κ3) is 3.83. The number of likely N-dealkylation sites (N-methyl/N-ethyl adjacent to an activating group) is 1. The van der Waals surface area contributed by atoms with Crippen molar-refractivity contribution in [3.8, 4) is 0 Å². The quantitative estimate of drug-likeness (QED) is 0.785. The number of methoxy groups -OCH3 is 1. The molecule has 1 heterocycles. The molecule has 25 heavy (non-hydrogen) atoms. The number of hydrogen-bond acceptors (Lipinski definition) is 4. The van der Waals surface area contributed by atoms with Crippen molar-refractivity contribution in [2.24, 2.45) is 5.41 Å². The summed E-state index contributed by atoms with van der Waals surface area (Å²) in [7, 11) is 3.03. The largest absolute Gasteiger partial charge is 0.469 e. The van der Waals surface area contributed by atoms with Crippen LogP contribution in [0.1, 0.15) is 44.0 Å². The Morgan fingerprint density at radius 2 is 1.76 bits per heavy atom. The van der Waals surface area contributed by atoms with Gasteiger partial charge in [0.1, 0.15) is 12.2 Å². The molecule has 1 aliphatic heterocycles. The van der Waals surface area contributed by atoms with Crippen molar-refractivity contribution in [3.05, 3.63) is 35.9 Å². The third-order valence-electron chi connectivity index (χ3n) is 4.48. The molecule has 0 radical (unpaired) electrons. The van der Waals surface area contributed by atoms with E-state index in [4.69, 9.17) is 0 Å². The fourth-order valence-electron chi connectivity index (χ4n) is 3.43. The van der Waals surface area contributed by atoms with E-state index in [9.17, 15) is 14.4 Å². The summed E-state index contributed by atoms with van der Waals surface area (Å²) in [5.41, 5.74) is 0.206. The molecule has 0 bridgehead atoms. The first kappa shape index (κ1) is 19.0. The fraction of sp³-hybridized carbons (Fsp3) is 0.526. The van der Waals surface area contributed by atoms with Gasteiger partial charge >= 0.3 is 5.97 Å². The number of hydrogen-bond donors (Lipinski definition) is 0. The van der Waals surface area contributed by atoms with Crippen LogP contribution in [-0.2, 0) is 14.3 Å². The molecule has 0 spiro atoms. The number of rotatable bonds is 4. The summed E-state index contributed by atoms with van der Waals surface area (Å²) in [5, 5.41) is 0. The number of ether oxygens (including phenoxy) is 1. The Balaban J connectivity index is 2.40. The molecular formula is C19H26N2O4. The third-order valence-corrected chi connectivity index (χ3v) is 4.48. The normalized spacial score (nSPS) is 20.8. The molecule has 2 atom stereocenters. The zero-order valence-corrected chi connectivity index (χ0v) is 15.5. The molecule has 1 aromatic rings. The summed E-state index contributed by atoms with van der Waals surface area (Å²) in [6, 6.07) is 8.24. The van der Waals surface area contributed by atoms with Gasteiger partial charge in [0.25, 0.3) is 5.91 Å². The average molecular weight is 346 g/mol. The zero-order valence-electron chi connectivity index (χ0n) is 15.5. The van der Waals surface area contributed by atoms with Gasteiger partial charge in [0.05, 0.1) is 7.11 Å². The van der Waals surface area contributed by atoms with Crippen molar-refractivity contribution in [3.63, 3.8) is 0 Å². The maximum Gasteiger partial charge on any atom is 0.305 e. The summed E-state index contributed by atoms with van der Waals surface area (Å²) >= 11 is 0. The van der Waals surface area contributed by atoms with E-state index >= 15 is 0 Å². The summed E-state index contributed by atoms with van der Waals surface area (Å²) in [6.07, 6.45) is -0.0349. The predicted molar refractivity (Wildman–Crippen MR) is 93.7 cm³/mol. The van der Waals surface area contributed by atoms with Gasteiger partial charge in [0.2, 0.25) is 5.91 Å². The first-order valence-electron chi connectivity index (χ1n) is 8.39. The van der Waals surface area contributed by atoms with Gasteiger partial charge in [-0.25, -0.2) is 0 Å². The van der Waals surface area contributed by atoms with Crippen LogP contribution in [0.5, 0.6) is 0 Å². The highest BCUT2D eigenvalue weighted by Crippen LogP contribution is 2.36. The first-order valence-corrected chi connectivity index (χ1v) is 8.39. The van der Waals surface area contributed by atoms with Gasteiger partial charge in [0, 0.05) is 24.4 Å². The minimum atomic E-state index is -0.666. The molecule has 0 aliphatic carbocycles. The molecule has 6 nitrogen and oxygen atoms in total. The van der Waals surface area contributed by atoms with E-state index in [1.165, 1.54) is 7.11 Å². The molecule has 0 saturated carbocycles. The molecular weight excluding hydrogens is 320 g/mol. The Morgan fingerprint density at radius 1 is 1.16 bits per heavy atom. The second kappa shape index (κ2) is 7.25. The fourth-order valence-corrected chi connectivity index (χ4v) is 3.43. The standard InChI is InChI=1S/C19H26N2O4/c1-19(2,3)18-20(4)17(24)14(11-12-15(22)25-5)21(18)16(23)13-9-7-6-8-10-13/h6-10,14,18H,11-12H2,1-5H3/t14-,18-/m1/s1. The van der Waals surface area contributed by atoms with E-state index in [1.807, 2.05) is 26.8 Å². The molecule has 2 rings (SSSR count). The number of amides is 2. The van der Waals surface area contributed by atoms with Gasteiger partial charge in [-0.1, -0.05) is 39.0 Å². The summed E-state index contributed by atoms with van der Waals surface area (Å²) in [6.45, 7) is 5.99. The number of esters is 1. The van der Waals surface area contributed by atoms with Gasteiger partial charge in [-0.2, -0.15) is 0 Å². The summed E-state index contributed by atoms with van der Waals surface area (Å²) in [5.74, 6) is -0.733. The Bertz CT molecular complexity index is 651. The molecule has 1 fully saturated rings. The lowest BCUT2D eigenvalue weighted by Crippen LogP contribution is -2.50. The van der Waals surface area contributed by atoms with E-state index in [-0.39, 0.29) is 42.2 Å². The topological polar surface area (TPSA) is 66.9 Å². The highest BCUT2D eigenvalue weighted by atomic mass is 16.5. The van der Waals surface area contributed by atoms with E-state index in [0.29, 0.717) is 5.56 Å². The molecule has 0 aromatic heterocycles. The number of carbonyl (C=O) groups is 3. The minimum absolute atomic E-state index is 0.0934. The molecule has 1 aliphatic rings. The average Bonchev–Trinajstić information content (AvgIpc) is 2.84. The van der Waals surface area contributed by atoms with Crippen molar-refractivity contribution in [1.82, 2.24) is 9.80 Å². The lowest BCUT2D eigenvalue weighted by Gasteiger charge is -2.39. The lowest BCUT2D eigenvalue weighted by molar-refractivity contribution is -0.141. The summed E-state index contributed by atoms with van der Waals surface area (Å²) in [4.78, 5) is 40.7. The van der Waals surface area contributed by atoms with Crippen molar-refractivity contribution < 1.29 is 19.1 Å². The van der Waals surface area contributed by atoms with Crippen molar-refractivity contribution in [1.29, 1.82) is 0 Å². The van der Waals surface area contributed by atoms with Gasteiger partial charge in [-0.3, -0.25) is 14.4 Å². The van der Waals surface area contributed by atoms with E-state index in [2.05, 4.69) is 4.74 Å². The Morgan fingerprint density at radius 3 is 2.28 bits per heavy atom. The van der Waals surface area contributed by atoms with Gasteiger partial charge in [-0.15, -0.1) is 0 Å². The zero-order chi connectivity index (χ0) is 18.8. The van der Waals surface area contributed by atoms with Crippen molar-refractivity contribution >= 4 is 17.8 Å². The van der Waals surface area contributed by atoms with Crippen LogP contribution < -0.4 is 0 Å². The molecule has 1 saturated heterocycles. The number of benzene rings is 1. The van der Waals surface area contributed by atoms with Crippen LogP contribution in [0.4, 0.5) is 0 Å². The highest BCUT2D eigenvalue weighted by Gasteiger charge is 2.51. The molecule has 0 N–H and O–H groups in total. The first-order chi connectivity index (χ1) is 11.7. The smallest absolute Gasteiger partial charge is 0.305 e.